The van der Waals surface area contributed by atoms with E-state index >= 15 is 0 Å². The second kappa shape index (κ2) is 5.29. The standard InChI is InChI=1S/C13H15BrN4OS/c1-8-12(20-9(2)16-8)13(19)17-4-3-11(7-17)18-6-10(14)5-15-18/h5-6,11H,3-4,7H2,1-2H3. The first-order valence-corrected chi connectivity index (χ1v) is 8.08. The van der Waals surface area contributed by atoms with Crippen LogP contribution in [0.4, 0.5) is 0 Å². The van der Waals surface area contributed by atoms with Gasteiger partial charge in [-0.25, -0.2) is 4.98 Å². The minimum atomic E-state index is 0.0989. The molecule has 5 nitrogen and oxygen atoms in total. The number of nitrogens with zero attached hydrogens (tertiary/aromatic N) is 4. The SMILES string of the molecule is Cc1nc(C)c(C(=O)N2CCC(n3cc(Br)cn3)C2)s1. The Morgan fingerprint density at radius 1 is 1.50 bits per heavy atom. The molecule has 0 bridgehead atoms. The molecule has 0 N–H and O–H groups in total. The first kappa shape index (κ1) is 13.8. The quantitative estimate of drug-likeness (QED) is 0.833. The van der Waals surface area contributed by atoms with Crippen LogP contribution < -0.4 is 0 Å². The second-order valence-electron chi connectivity index (χ2n) is 4.98. The van der Waals surface area contributed by atoms with Gasteiger partial charge in [-0.05, 0) is 36.2 Å². The van der Waals surface area contributed by atoms with E-state index in [4.69, 9.17) is 0 Å². The fourth-order valence-electron chi connectivity index (χ4n) is 2.53. The zero-order valence-corrected chi connectivity index (χ0v) is 13.7. The lowest BCUT2D eigenvalue weighted by molar-refractivity contribution is 0.0791. The van der Waals surface area contributed by atoms with Crippen LogP contribution >= 0.6 is 27.3 Å². The zero-order chi connectivity index (χ0) is 14.3. The summed E-state index contributed by atoms with van der Waals surface area (Å²) < 4.78 is 2.90. The Morgan fingerprint density at radius 3 is 2.90 bits per heavy atom. The van der Waals surface area contributed by atoms with Gasteiger partial charge in [-0.3, -0.25) is 9.48 Å². The third-order valence-electron chi connectivity index (χ3n) is 3.49. The van der Waals surface area contributed by atoms with Crippen molar-refractivity contribution >= 4 is 33.2 Å². The molecular weight excluding hydrogens is 340 g/mol. The Labute approximate surface area is 129 Å². The Morgan fingerprint density at radius 2 is 2.30 bits per heavy atom. The van der Waals surface area contributed by atoms with E-state index in [2.05, 4.69) is 26.0 Å². The molecule has 1 aliphatic rings. The van der Waals surface area contributed by atoms with Gasteiger partial charge in [0.05, 0.1) is 27.4 Å². The molecular formula is C13H15BrN4OS. The van der Waals surface area contributed by atoms with Crippen LogP contribution in [0.5, 0.6) is 0 Å². The number of thiazole rings is 1. The number of likely N-dealkylation sites (tertiary alicyclic amines) is 1. The van der Waals surface area contributed by atoms with Crippen LogP contribution in [0, 0.1) is 13.8 Å². The summed E-state index contributed by atoms with van der Waals surface area (Å²) in [6.07, 6.45) is 4.68. The highest BCUT2D eigenvalue weighted by molar-refractivity contribution is 9.10. The number of amides is 1. The highest BCUT2D eigenvalue weighted by atomic mass is 79.9. The number of hydrogen-bond acceptors (Lipinski definition) is 4. The predicted molar refractivity (Wildman–Crippen MR) is 81.1 cm³/mol. The number of carbonyl (C=O) groups excluding carboxylic acids is 1. The fourth-order valence-corrected chi connectivity index (χ4v) is 3.72. The van der Waals surface area contributed by atoms with Crippen molar-refractivity contribution < 1.29 is 4.79 Å². The van der Waals surface area contributed by atoms with Crippen molar-refractivity contribution in [1.82, 2.24) is 19.7 Å². The molecule has 3 rings (SSSR count). The van der Waals surface area contributed by atoms with E-state index in [1.54, 1.807) is 6.20 Å². The van der Waals surface area contributed by atoms with Gasteiger partial charge in [-0.15, -0.1) is 11.3 Å². The lowest BCUT2D eigenvalue weighted by Crippen LogP contribution is -2.29. The van der Waals surface area contributed by atoms with Crippen molar-refractivity contribution in [3.63, 3.8) is 0 Å². The molecule has 1 amide bonds. The van der Waals surface area contributed by atoms with Crippen LogP contribution in [0.15, 0.2) is 16.9 Å². The molecule has 106 valence electrons. The monoisotopic (exact) mass is 354 g/mol. The van der Waals surface area contributed by atoms with Crippen LogP contribution in [-0.4, -0.2) is 38.7 Å². The van der Waals surface area contributed by atoms with Crippen LogP contribution in [0.3, 0.4) is 0 Å². The predicted octanol–water partition coefficient (Wildman–Crippen LogP) is 2.81. The number of hydrogen-bond donors (Lipinski definition) is 0. The first-order chi connectivity index (χ1) is 9.54. The highest BCUT2D eigenvalue weighted by Gasteiger charge is 2.30. The lowest BCUT2D eigenvalue weighted by atomic mass is 10.3. The molecule has 0 saturated carbocycles. The van der Waals surface area contributed by atoms with Gasteiger partial charge >= 0.3 is 0 Å². The smallest absolute Gasteiger partial charge is 0.265 e. The van der Waals surface area contributed by atoms with Crippen LogP contribution in [0.1, 0.15) is 32.8 Å². The van der Waals surface area contributed by atoms with Crippen molar-refractivity contribution in [1.29, 1.82) is 0 Å². The summed E-state index contributed by atoms with van der Waals surface area (Å²) in [5.41, 5.74) is 0.836. The summed E-state index contributed by atoms with van der Waals surface area (Å²) in [4.78, 5) is 19.5. The number of aryl methyl sites for hydroxylation is 2. The summed E-state index contributed by atoms with van der Waals surface area (Å²) in [6.45, 7) is 5.32. The van der Waals surface area contributed by atoms with E-state index in [-0.39, 0.29) is 11.9 Å². The average molecular weight is 355 g/mol. The van der Waals surface area contributed by atoms with Crippen LogP contribution in [-0.2, 0) is 0 Å². The maximum absolute atomic E-state index is 12.5. The van der Waals surface area contributed by atoms with E-state index in [1.807, 2.05) is 29.6 Å². The summed E-state index contributed by atoms with van der Waals surface area (Å²) in [7, 11) is 0. The molecule has 20 heavy (non-hydrogen) atoms. The largest absolute Gasteiger partial charge is 0.336 e. The van der Waals surface area contributed by atoms with E-state index in [9.17, 15) is 4.79 Å². The van der Waals surface area contributed by atoms with Gasteiger partial charge in [0, 0.05) is 19.3 Å². The Hall–Kier alpha value is -1.21. The molecule has 2 aromatic rings. The normalized spacial score (nSPS) is 18.8. The fraction of sp³-hybridized carbons (Fsp3) is 0.462. The maximum Gasteiger partial charge on any atom is 0.265 e. The number of aromatic nitrogens is 3. The van der Waals surface area contributed by atoms with E-state index in [0.717, 1.165) is 33.0 Å². The Balaban J connectivity index is 1.74. The topological polar surface area (TPSA) is 51.0 Å². The van der Waals surface area contributed by atoms with Gasteiger partial charge in [-0.2, -0.15) is 5.10 Å². The molecule has 7 heteroatoms. The third kappa shape index (κ3) is 2.52. The summed E-state index contributed by atoms with van der Waals surface area (Å²) in [5.74, 6) is 0.0989. The highest BCUT2D eigenvalue weighted by Crippen LogP contribution is 2.26. The van der Waals surface area contributed by atoms with Crippen LogP contribution in [0.25, 0.3) is 0 Å². The minimum absolute atomic E-state index is 0.0989. The van der Waals surface area contributed by atoms with Crippen molar-refractivity contribution in [3.05, 3.63) is 32.4 Å². The van der Waals surface area contributed by atoms with Gasteiger partial charge in [0.15, 0.2) is 0 Å². The van der Waals surface area contributed by atoms with Crippen molar-refractivity contribution in [2.24, 2.45) is 0 Å². The summed E-state index contributed by atoms with van der Waals surface area (Å²) >= 11 is 4.88. The molecule has 1 unspecified atom stereocenters. The minimum Gasteiger partial charge on any atom is -0.336 e. The number of halogens is 1. The molecule has 2 aromatic heterocycles. The molecule has 1 atom stereocenters. The Bertz CT molecular complexity index is 651. The van der Waals surface area contributed by atoms with Gasteiger partial charge in [-0.1, -0.05) is 0 Å². The van der Waals surface area contributed by atoms with Crippen molar-refractivity contribution in [2.75, 3.05) is 13.1 Å². The van der Waals surface area contributed by atoms with E-state index < -0.39 is 0 Å². The van der Waals surface area contributed by atoms with Crippen LogP contribution in [0.2, 0.25) is 0 Å². The molecule has 0 spiro atoms. The molecule has 0 radical (unpaired) electrons. The van der Waals surface area contributed by atoms with Gasteiger partial charge in [0.25, 0.3) is 5.91 Å². The number of rotatable bonds is 2. The Kier molecular flexibility index (Phi) is 3.64. The number of carbonyl (C=O) groups is 1. The van der Waals surface area contributed by atoms with E-state index in [1.165, 1.54) is 11.3 Å². The van der Waals surface area contributed by atoms with Gasteiger partial charge < -0.3 is 4.90 Å². The molecule has 1 saturated heterocycles. The van der Waals surface area contributed by atoms with Gasteiger partial charge in [0.1, 0.15) is 4.88 Å². The summed E-state index contributed by atoms with van der Waals surface area (Å²) in [5, 5.41) is 5.25. The lowest BCUT2D eigenvalue weighted by Gasteiger charge is -2.16. The zero-order valence-electron chi connectivity index (χ0n) is 11.3. The average Bonchev–Trinajstić information content (AvgIpc) is 3.08. The second-order valence-corrected chi connectivity index (χ2v) is 7.10. The molecule has 1 aliphatic heterocycles. The van der Waals surface area contributed by atoms with Gasteiger partial charge in [0.2, 0.25) is 0 Å². The first-order valence-electron chi connectivity index (χ1n) is 6.47. The molecule has 0 aliphatic carbocycles. The third-order valence-corrected chi connectivity index (χ3v) is 4.96. The summed E-state index contributed by atoms with van der Waals surface area (Å²) in [6, 6.07) is 0.263. The van der Waals surface area contributed by atoms with Crippen molar-refractivity contribution in [2.45, 2.75) is 26.3 Å². The molecule has 3 heterocycles. The van der Waals surface area contributed by atoms with Crippen molar-refractivity contribution in [3.8, 4) is 0 Å². The maximum atomic E-state index is 12.5. The molecule has 1 fully saturated rings. The molecule has 0 aromatic carbocycles. The van der Waals surface area contributed by atoms with E-state index in [0.29, 0.717) is 6.54 Å².